The quantitative estimate of drug-likeness (QED) is 0.366. The second-order valence-electron chi connectivity index (χ2n) is 6.05. The minimum absolute atomic E-state index is 0.128. The molecule has 0 fully saturated rings. The number of thiophene rings is 1. The summed E-state index contributed by atoms with van der Waals surface area (Å²) in [6.07, 6.45) is 0. The largest absolute Gasteiger partial charge is 0.508 e. The SMILES string of the molecule is Oc1ccc(-c2cc(-c3ccccc3)c(-c3ccc(O)cc3Cl)s2)c(Cl)c1. The van der Waals surface area contributed by atoms with Crippen molar-refractivity contribution in [2.24, 2.45) is 0 Å². The summed E-state index contributed by atoms with van der Waals surface area (Å²) in [5.41, 5.74) is 3.79. The van der Waals surface area contributed by atoms with Gasteiger partial charge in [-0.05, 0) is 48.0 Å². The van der Waals surface area contributed by atoms with Crippen molar-refractivity contribution in [1.29, 1.82) is 0 Å². The first-order valence-electron chi connectivity index (χ1n) is 8.20. The number of hydrogen-bond donors (Lipinski definition) is 2. The van der Waals surface area contributed by atoms with Gasteiger partial charge >= 0.3 is 0 Å². The van der Waals surface area contributed by atoms with Crippen molar-refractivity contribution in [2.45, 2.75) is 0 Å². The van der Waals surface area contributed by atoms with Gasteiger partial charge in [0.25, 0.3) is 0 Å². The van der Waals surface area contributed by atoms with Crippen LogP contribution in [0.5, 0.6) is 11.5 Å². The van der Waals surface area contributed by atoms with E-state index < -0.39 is 0 Å². The van der Waals surface area contributed by atoms with Crippen molar-refractivity contribution in [3.05, 3.63) is 82.8 Å². The van der Waals surface area contributed by atoms with E-state index in [4.69, 9.17) is 23.2 Å². The van der Waals surface area contributed by atoms with Crippen LogP contribution in [0.4, 0.5) is 0 Å². The molecule has 4 rings (SSSR count). The lowest BCUT2D eigenvalue weighted by molar-refractivity contribution is 0.475. The molecule has 0 spiro atoms. The number of benzene rings is 3. The van der Waals surface area contributed by atoms with E-state index in [0.717, 1.165) is 32.0 Å². The van der Waals surface area contributed by atoms with Gasteiger partial charge < -0.3 is 10.2 Å². The van der Waals surface area contributed by atoms with E-state index in [-0.39, 0.29) is 11.5 Å². The molecule has 1 aromatic heterocycles. The Morgan fingerprint density at radius 3 is 1.81 bits per heavy atom. The Kier molecular flexibility index (Phi) is 4.83. The summed E-state index contributed by atoms with van der Waals surface area (Å²) in [6, 6.07) is 22.1. The number of hydrogen-bond acceptors (Lipinski definition) is 3. The fourth-order valence-corrected chi connectivity index (χ4v) is 4.87. The lowest BCUT2D eigenvalue weighted by atomic mass is 10.0. The standard InChI is InChI=1S/C22H14Cl2O2S/c23-19-10-14(25)6-8-16(19)21-12-18(13-4-2-1-3-5-13)22(27-21)17-9-7-15(26)11-20(17)24/h1-12,25-26H. The van der Waals surface area contributed by atoms with E-state index in [9.17, 15) is 10.2 Å². The third-order valence-corrected chi connectivity index (χ3v) is 6.06. The molecule has 4 aromatic rings. The molecule has 3 aromatic carbocycles. The topological polar surface area (TPSA) is 40.5 Å². The van der Waals surface area contributed by atoms with Gasteiger partial charge in [-0.25, -0.2) is 0 Å². The zero-order valence-corrected chi connectivity index (χ0v) is 16.3. The molecule has 0 saturated heterocycles. The zero-order chi connectivity index (χ0) is 19.0. The smallest absolute Gasteiger partial charge is 0.117 e. The average molecular weight is 413 g/mol. The van der Waals surface area contributed by atoms with E-state index in [2.05, 4.69) is 6.07 Å². The molecule has 0 aliphatic rings. The van der Waals surface area contributed by atoms with Gasteiger partial charge in [0.15, 0.2) is 0 Å². The molecule has 1 heterocycles. The zero-order valence-electron chi connectivity index (χ0n) is 14.0. The summed E-state index contributed by atoms with van der Waals surface area (Å²) in [4.78, 5) is 1.96. The van der Waals surface area contributed by atoms with Crippen LogP contribution < -0.4 is 0 Å². The van der Waals surface area contributed by atoms with Gasteiger partial charge in [-0.15, -0.1) is 11.3 Å². The molecule has 0 amide bonds. The van der Waals surface area contributed by atoms with Gasteiger partial charge in [-0.2, -0.15) is 0 Å². The third-order valence-electron chi connectivity index (χ3n) is 4.23. The minimum Gasteiger partial charge on any atom is -0.508 e. The van der Waals surface area contributed by atoms with E-state index in [1.807, 2.05) is 36.4 Å². The highest BCUT2D eigenvalue weighted by molar-refractivity contribution is 7.19. The monoisotopic (exact) mass is 412 g/mol. The van der Waals surface area contributed by atoms with Crippen molar-refractivity contribution < 1.29 is 10.2 Å². The summed E-state index contributed by atoms with van der Waals surface area (Å²) in [5, 5.41) is 20.3. The molecule has 0 aliphatic carbocycles. The van der Waals surface area contributed by atoms with Crippen LogP contribution in [0.15, 0.2) is 72.8 Å². The average Bonchev–Trinajstić information content (AvgIpc) is 3.07. The molecule has 0 aliphatic heterocycles. The molecule has 0 saturated carbocycles. The van der Waals surface area contributed by atoms with Gasteiger partial charge in [0.2, 0.25) is 0 Å². The summed E-state index contributed by atoms with van der Waals surface area (Å²) in [6.45, 7) is 0. The van der Waals surface area contributed by atoms with Gasteiger partial charge in [-0.1, -0.05) is 53.5 Å². The van der Waals surface area contributed by atoms with E-state index in [1.54, 1.807) is 35.6 Å². The second kappa shape index (κ2) is 7.28. The fourth-order valence-electron chi connectivity index (χ4n) is 2.95. The molecule has 0 unspecified atom stereocenters. The Bertz CT molecular complexity index is 1120. The number of phenols is 2. The highest BCUT2D eigenvalue weighted by atomic mass is 35.5. The summed E-state index contributed by atoms with van der Waals surface area (Å²) in [5.74, 6) is 0.258. The van der Waals surface area contributed by atoms with Crippen LogP contribution in [0.25, 0.3) is 32.0 Å². The normalized spacial score (nSPS) is 10.9. The number of halogens is 2. The minimum atomic E-state index is 0.128. The Hall–Kier alpha value is -2.46. The first kappa shape index (κ1) is 17.9. The second-order valence-corrected chi connectivity index (χ2v) is 7.91. The highest BCUT2D eigenvalue weighted by Gasteiger charge is 2.18. The summed E-state index contributed by atoms with van der Waals surface area (Å²) >= 11 is 14.3. The van der Waals surface area contributed by atoms with Gasteiger partial charge in [0.1, 0.15) is 11.5 Å². The number of rotatable bonds is 3. The Labute approximate surface area is 170 Å². The van der Waals surface area contributed by atoms with Crippen molar-refractivity contribution >= 4 is 34.5 Å². The van der Waals surface area contributed by atoms with Crippen LogP contribution in [-0.2, 0) is 0 Å². The number of phenolic OH excluding ortho intramolecular Hbond substituents is 2. The molecule has 0 atom stereocenters. The third kappa shape index (κ3) is 3.54. The first-order chi connectivity index (χ1) is 13.0. The van der Waals surface area contributed by atoms with Gasteiger partial charge in [0.05, 0.1) is 10.0 Å². The lowest BCUT2D eigenvalue weighted by Crippen LogP contribution is -1.80. The van der Waals surface area contributed by atoms with Crippen molar-refractivity contribution in [2.75, 3.05) is 0 Å². The van der Waals surface area contributed by atoms with Crippen LogP contribution in [0.1, 0.15) is 0 Å². The van der Waals surface area contributed by atoms with Crippen molar-refractivity contribution in [3.8, 4) is 43.5 Å². The Morgan fingerprint density at radius 1 is 0.630 bits per heavy atom. The molecular weight excluding hydrogens is 399 g/mol. The van der Waals surface area contributed by atoms with Crippen LogP contribution in [-0.4, -0.2) is 10.2 Å². The van der Waals surface area contributed by atoms with E-state index in [1.165, 1.54) is 6.07 Å². The van der Waals surface area contributed by atoms with Gasteiger partial charge in [0, 0.05) is 26.4 Å². The summed E-state index contributed by atoms with van der Waals surface area (Å²) in [7, 11) is 0. The first-order valence-corrected chi connectivity index (χ1v) is 9.77. The fraction of sp³-hybridized carbons (Fsp3) is 0. The van der Waals surface area contributed by atoms with Crippen molar-refractivity contribution in [1.82, 2.24) is 0 Å². The van der Waals surface area contributed by atoms with Crippen LogP contribution in [0.3, 0.4) is 0 Å². The van der Waals surface area contributed by atoms with Gasteiger partial charge in [-0.3, -0.25) is 0 Å². The molecule has 0 radical (unpaired) electrons. The maximum absolute atomic E-state index is 9.69. The van der Waals surface area contributed by atoms with Crippen LogP contribution >= 0.6 is 34.5 Å². The van der Waals surface area contributed by atoms with Crippen LogP contribution in [0, 0.1) is 0 Å². The molecule has 134 valence electrons. The van der Waals surface area contributed by atoms with Crippen molar-refractivity contribution in [3.63, 3.8) is 0 Å². The number of aromatic hydroxyl groups is 2. The lowest BCUT2D eigenvalue weighted by Gasteiger charge is -2.07. The Balaban J connectivity index is 1.95. The highest BCUT2D eigenvalue weighted by Crippen LogP contribution is 2.47. The molecular formula is C22H14Cl2O2S. The summed E-state index contributed by atoms with van der Waals surface area (Å²) < 4.78 is 0. The van der Waals surface area contributed by atoms with Crippen LogP contribution in [0.2, 0.25) is 10.0 Å². The van der Waals surface area contributed by atoms with E-state index >= 15 is 0 Å². The van der Waals surface area contributed by atoms with E-state index in [0.29, 0.717) is 10.0 Å². The Morgan fingerprint density at radius 2 is 1.22 bits per heavy atom. The molecule has 5 heteroatoms. The molecule has 2 nitrogen and oxygen atoms in total. The maximum Gasteiger partial charge on any atom is 0.117 e. The maximum atomic E-state index is 9.69. The predicted molar refractivity (Wildman–Crippen MR) is 114 cm³/mol. The molecule has 2 N–H and O–H groups in total. The molecule has 27 heavy (non-hydrogen) atoms. The molecule has 0 bridgehead atoms. The predicted octanol–water partition coefficient (Wildman–Crippen LogP) is 7.47.